The summed E-state index contributed by atoms with van der Waals surface area (Å²) in [6.07, 6.45) is 3.85. The third-order valence-electron chi connectivity index (χ3n) is 5.30. The molecule has 2 fully saturated rings. The summed E-state index contributed by atoms with van der Waals surface area (Å²) >= 11 is 0. The van der Waals surface area contributed by atoms with Crippen LogP contribution in [0.4, 0.5) is 0 Å². The van der Waals surface area contributed by atoms with E-state index in [1.807, 2.05) is 0 Å². The van der Waals surface area contributed by atoms with Crippen molar-refractivity contribution in [3.8, 4) is 0 Å². The molecule has 0 radical (unpaired) electrons. The van der Waals surface area contributed by atoms with E-state index < -0.39 is 11.4 Å². The van der Waals surface area contributed by atoms with Crippen LogP contribution in [0.25, 0.3) is 0 Å². The monoisotopic (exact) mass is 296 g/mol. The largest absolute Gasteiger partial charge is 0.481 e. The molecule has 0 aromatic rings. The molecule has 1 heterocycles. The molecule has 4 nitrogen and oxygen atoms in total. The Morgan fingerprint density at radius 3 is 2.14 bits per heavy atom. The number of nitrogens with zero attached hydrogens (tertiary/aromatic N) is 2. The van der Waals surface area contributed by atoms with Crippen molar-refractivity contribution >= 4 is 5.97 Å². The van der Waals surface area contributed by atoms with Crippen LogP contribution in [0, 0.1) is 17.3 Å². The van der Waals surface area contributed by atoms with Crippen molar-refractivity contribution in [3.05, 3.63) is 0 Å². The lowest BCUT2D eigenvalue weighted by molar-refractivity contribution is -0.153. The molecule has 4 heteroatoms. The minimum Gasteiger partial charge on any atom is -0.481 e. The van der Waals surface area contributed by atoms with Crippen LogP contribution in [0.5, 0.6) is 0 Å². The molecular formula is C17H32N2O2. The first kappa shape index (κ1) is 16.8. The van der Waals surface area contributed by atoms with Crippen LogP contribution in [0.15, 0.2) is 0 Å². The van der Waals surface area contributed by atoms with Crippen molar-refractivity contribution in [2.24, 2.45) is 17.3 Å². The Kier molecular flexibility index (Phi) is 5.67. The van der Waals surface area contributed by atoms with Gasteiger partial charge in [0, 0.05) is 39.3 Å². The van der Waals surface area contributed by atoms with Crippen LogP contribution < -0.4 is 0 Å². The van der Waals surface area contributed by atoms with Gasteiger partial charge in [0.25, 0.3) is 0 Å². The summed E-state index contributed by atoms with van der Waals surface area (Å²) in [7, 11) is 0. The molecule has 0 atom stereocenters. The second-order valence-corrected chi connectivity index (χ2v) is 7.74. The maximum atomic E-state index is 11.8. The number of carbonyl (C=O) groups is 1. The van der Waals surface area contributed by atoms with Crippen LogP contribution in [-0.2, 0) is 4.79 Å². The van der Waals surface area contributed by atoms with Gasteiger partial charge >= 0.3 is 5.97 Å². The molecule has 0 aromatic carbocycles. The highest BCUT2D eigenvalue weighted by Crippen LogP contribution is 2.40. The summed E-state index contributed by atoms with van der Waals surface area (Å²) in [5.41, 5.74) is -0.479. The van der Waals surface area contributed by atoms with Crippen molar-refractivity contribution in [2.75, 3.05) is 39.3 Å². The summed E-state index contributed by atoms with van der Waals surface area (Å²) in [5, 5.41) is 9.74. The minimum absolute atomic E-state index is 0.479. The molecule has 0 unspecified atom stereocenters. The fourth-order valence-electron chi connectivity index (χ4n) is 3.83. The van der Waals surface area contributed by atoms with Gasteiger partial charge in [0.15, 0.2) is 0 Å². The van der Waals surface area contributed by atoms with E-state index in [-0.39, 0.29) is 0 Å². The van der Waals surface area contributed by atoms with Gasteiger partial charge in [-0.05, 0) is 37.5 Å². The highest BCUT2D eigenvalue weighted by atomic mass is 16.4. The van der Waals surface area contributed by atoms with Gasteiger partial charge in [-0.2, -0.15) is 0 Å². The van der Waals surface area contributed by atoms with Gasteiger partial charge in [-0.1, -0.05) is 20.8 Å². The van der Waals surface area contributed by atoms with E-state index in [1.165, 1.54) is 0 Å². The lowest BCUT2D eigenvalue weighted by Gasteiger charge is -2.42. The Bertz CT molecular complexity index is 341. The van der Waals surface area contributed by atoms with Crippen LogP contribution in [0.1, 0.15) is 46.5 Å². The molecule has 1 saturated heterocycles. The molecule has 0 aromatic heterocycles. The van der Waals surface area contributed by atoms with E-state index in [0.29, 0.717) is 11.8 Å². The highest BCUT2D eigenvalue weighted by Gasteiger charge is 2.42. The summed E-state index contributed by atoms with van der Waals surface area (Å²) in [4.78, 5) is 16.7. The molecular weight excluding hydrogens is 264 g/mol. The second-order valence-electron chi connectivity index (χ2n) is 7.74. The van der Waals surface area contributed by atoms with Gasteiger partial charge in [-0.25, -0.2) is 0 Å². The third kappa shape index (κ3) is 4.43. The zero-order valence-electron chi connectivity index (χ0n) is 14.0. The Morgan fingerprint density at radius 1 is 1.14 bits per heavy atom. The van der Waals surface area contributed by atoms with Crippen molar-refractivity contribution in [3.63, 3.8) is 0 Å². The number of hydrogen-bond acceptors (Lipinski definition) is 3. The van der Waals surface area contributed by atoms with Crippen molar-refractivity contribution in [1.29, 1.82) is 0 Å². The third-order valence-corrected chi connectivity index (χ3v) is 5.30. The lowest BCUT2D eigenvalue weighted by Crippen LogP contribution is -2.52. The highest BCUT2D eigenvalue weighted by molar-refractivity contribution is 5.75. The zero-order valence-corrected chi connectivity index (χ0v) is 14.0. The molecule has 0 spiro atoms. The van der Waals surface area contributed by atoms with Crippen LogP contribution in [-0.4, -0.2) is 60.1 Å². The fraction of sp³-hybridized carbons (Fsp3) is 0.941. The van der Waals surface area contributed by atoms with Crippen LogP contribution in [0.2, 0.25) is 0 Å². The van der Waals surface area contributed by atoms with E-state index in [0.717, 1.165) is 65.0 Å². The van der Waals surface area contributed by atoms with Gasteiger partial charge in [0.1, 0.15) is 0 Å². The smallest absolute Gasteiger partial charge is 0.310 e. The number of carboxylic acids is 1. The molecule has 0 bridgehead atoms. The Hall–Kier alpha value is -0.610. The number of rotatable bonds is 5. The Balaban J connectivity index is 1.87. The average molecular weight is 296 g/mol. The lowest BCUT2D eigenvalue weighted by atomic mass is 9.70. The van der Waals surface area contributed by atoms with E-state index in [4.69, 9.17) is 0 Å². The molecule has 1 aliphatic heterocycles. The number of aliphatic carboxylic acids is 1. The summed E-state index contributed by atoms with van der Waals surface area (Å²) < 4.78 is 0. The number of carboxylic acid groups (broad SMARTS) is 1. The van der Waals surface area contributed by atoms with E-state index in [9.17, 15) is 9.90 Å². The minimum atomic E-state index is -0.570. The normalized spacial score (nSPS) is 32.5. The summed E-state index contributed by atoms with van der Waals surface area (Å²) in [6, 6.07) is 0. The van der Waals surface area contributed by atoms with Crippen molar-refractivity contribution in [1.82, 2.24) is 9.80 Å². The maximum absolute atomic E-state index is 11.8. The molecule has 1 saturated carbocycles. The summed E-state index contributed by atoms with van der Waals surface area (Å²) in [6.45, 7) is 12.9. The molecule has 2 rings (SSSR count). The van der Waals surface area contributed by atoms with Gasteiger partial charge in [0.2, 0.25) is 0 Å². The topological polar surface area (TPSA) is 43.8 Å². The predicted octanol–water partition coefficient (Wildman–Crippen LogP) is 2.54. The summed E-state index contributed by atoms with van der Waals surface area (Å²) in [5.74, 6) is 0.834. The zero-order chi connectivity index (χ0) is 15.5. The SMILES string of the molecule is CC(C)CN1CCN(CC2(C(=O)O)CCC(C)CC2)CC1. The van der Waals surface area contributed by atoms with E-state index >= 15 is 0 Å². The van der Waals surface area contributed by atoms with Crippen molar-refractivity contribution < 1.29 is 9.90 Å². The maximum Gasteiger partial charge on any atom is 0.310 e. The first-order chi connectivity index (χ1) is 9.91. The van der Waals surface area contributed by atoms with Crippen LogP contribution >= 0.6 is 0 Å². The predicted molar refractivity (Wildman–Crippen MR) is 85.4 cm³/mol. The molecule has 1 N–H and O–H groups in total. The standard InChI is InChI=1S/C17H32N2O2/c1-14(2)12-18-8-10-19(11-9-18)13-17(16(20)21)6-4-15(3)5-7-17/h14-15H,4-13H2,1-3H3,(H,20,21). The molecule has 0 amide bonds. The van der Waals surface area contributed by atoms with Gasteiger partial charge in [-0.15, -0.1) is 0 Å². The van der Waals surface area contributed by atoms with E-state index in [1.54, 1.807) is 0 Å². The quantitative estimate of drug-likeness (QED) is 0.847. The molecule has 122 valence electrons. The first-order valence-corrected chi connectivity index (χ1v) is 8.59. The first-order valence-electron chi connectivity index (χ1n) is 8.59. The molecule has 21 heavy (non-hydrogen) atoms. The fourth-order valence-corrected chi connectivity index (χ4v) is 3.83. The Labute approximate surface area is 129 Å². The number of piperazine rings is 1. The molecule has 1 aliphatic carbocycles. The van der Waals surface area contributed by atoms with Crippen molar-refractivity contribution in [2.45, 2.75) is 46.5 Å². The van der Waals surface area contributed by atoms with Gasteiger partial charge in [-0.3, -0.25) is 9.69 Å². The van der Waals surface area contributed by atoms with Crippen LogP contribution in [0.3, 0.4) is 0 Å². The van der Waals surface area contributed by atoms with E-state index in [2.05, 4.69) is 30.6 Å². The number of hydrogen-bond donors (Lipinski definition) is 1. The second kappa shape index (κ2) is 7.10. The van der Waals surface area contributed by atoms with Gasteiger partial charge < -0.3 is 10.0 Å². The molecule has 2 aliphatic rings. The average Bonchev–Trinajstić information content (AvgIpc) is 2.43. The van der Waals surface area contributed by atoms with Gasteiger partial charge in [0.05, 0.1) is 5.41 Å². The Morgan fingerprint density at radius 2 is 1.67 bits per heavy atom.